The maximum Gasteiger partial charge on any atom is 0.240 e. The summed E-state index contributed by atoms with van der Waals surface area (Å²) in [6, 6.07) is 6.18. The smallest absolute Gasteiger partial charge is 0.240 e. The number of halogens is 1. The van der Waals surface area contributed by atoms with Gasteiger partial charge in [0.1, 0.15) is 0 Å². The van der Waals surface area contributed by atoms with E-state index in [0.717, 1.165) is 19.3 Å². The first kappa shape index (κ1) is 20.9. The number of unbranched alkanes of at least 4 members (excludes halogenated alkanes) is 2. The van der Waals surface area contributed by atoms with Gasteiger partial charge < -0.3 is 11.1 Å². The average Bonchev–Trinajstić information content (AvgIpc) is 2.46. The Morgan fingerprint density at radius 1 is 1.27 bits per heavy atom. The summed E-state index contributed by atoms with van der Waals surface area (Å²) < 4.78 is 26.3. The number of sulfonamides is 1. The van der Waals surface area contributed by atoms with E-state index in [1.165, 1.54) is 12.1 Å². The summed E-state index contributed by atoms with van der Waals surface area (Å²) in [7, 11) is -3.58. The predicted octanol–water partition coefficient (Wildman–Crippen LogP) is 1.86. The zero-order chi connectivity index (χ0) is 15.7. The molecular formula is C14H24ClN3O3S. The lowest BCUT2D eigenvalue weighted by Gasteiger charge is -2.09. The predicted molar refractivity (Wildman–Crippen MR) is 90.7 cm³/mol. The summed E-state index contributed by atoms with van der Waals surface area (Å²) >= 11 is 0. The number of anilines is 1. The van der Waals surface area contributed by atoms with Gasteiger partial charge in [-0.2, -0.15) is 0 Å². The molecule has 4 N–H and O–H groups in total. The van der Waals surface area contributed by atoms with E-state index in [4.69, 9.17) is 5.73 Å². The molecule has 0 aromatic heterocycles. The Kier molecular flexibility index (Phi) is 10.0. The van der Waals surface area contributed by atoms with Gasteiger partial charge in [0.2, 0.25) is 15.9 Å². The summed E-state index contributed by atoms with van der Waals surface area (Å²) in [6.07, 6.45) is 3.33. The maximum absolute atomic E-state index is 12.0. The van der Waals surface area contributed by atoms with Crippen LogP contribution in [0.4, 0.5) is 5.69 Å². The van der Waals surface area contributed by atoms with Crippen LogP contribution in [-0.2, 0) is 14.8 Å². The number of rotatable bonds is 9. The lowest BCUT2D eigenvalue weighted by Crippen LogP contribution is -2.29. The minimum absolute atomic E-state index is 0. The van der Waals surface area contributed by atoms with E-state index in [-0.39, 0.29) is 36.3 Å². The van der Waals surface area contributed by atoms with Gasteiger partial charge in [-0.15, -0.1) is 12.4 Å². The molecule has 126 valence electrons. The zero-order valence-corrected chi connectivity index (χ0v) is 14.3. The van der Waals surface area contributed by atoms with Crippen LogP contribution in [0.5, 0.6) is 0 Å². The summed E-state index contributed by atoms with van der Waals surface area (Å²) in [5.74, 6) is -0.104. The van der Waals surface area contributed by atoms with Crippen LogP contribution < -0.4 is 15.8 Å². The van der Waals surface area contributed by atoms with E-state index in [1.807, 2.05) is 0 Å². The highest BCUT2D eigenvalue weighted by atomic mass is 35.5. The number of benzene rings is 1. The van der Waals surface area contributed by atoms with Crippen molar-refractivity contribution < 1.29 is 13.2 Å². The molecule has 0 aliphatic heterocycles. The van der Waals surface area contributed by atoms with Gasteiger partial charge in [0.05, 0.1) is 4.90 Å². The Hall–Kier alpha value is -1.15. The van der Waals surface area contributed by atoms with Gasteiger partial charge in [-0.05, 0) is 24.6 Å². The topological polar surface area (TPSA) is 101 Å². The fourth-order valence-corrected chi connectivity index (χ4v) is 2.87. The standard InChI is InChI=1S/C14H23N3O3S.ClH/c1-2-3-4-8-14(18)17-12-6-5-7-13(11-12)21(19,20)16-10-9-15;/h5-7,11,16H,2-4,8-10,15H2,1H3,(H,17,18);1H. The van der Waals surface area contributed by atoms with Crippen molar-refractivity contribution in [2.75, 3.05) is 18.4 Å². The van der Waals surface area contributed by atoms with E-state index in [2.05, 4.69) is 17.0 Å². The molecule has 0 saturated carbocycles. The first-order valence-corrected chi connectivity index (χ1v) is 8.57. The largest absolute Gasteiger partial charge is 0.329 e. The molecule has 0 aliphatic carbocycles. The molecule has 0 aliphatic rings. The van der Waals surface area contributed by atoms with Crippen LogP contribution in [0.1, 0.15) is 32.6 Å². The second kappa shape index (κ2) is 10.6. The molecule has 0 unspecified atom stereocenters. The van der Waals surface area contributed by atoms with Gasteiger partial charge in [-0.1, -0.05) is 25.8 Å². The van der Waals surface area contributed by atoms with Gasteiger partial charge in [-0.3, -0.25) is 4.79 Å². The Morgan fingerprint density at radius 3 is 2.64 bits per heavy atom. The monoisotopic (exact) mass is 349 g/mol. The first-order valence-electron chi connectivity index (χ1n) is 7.09. The van der Waals surface area contributed by atoms with Crippen molar-refractivity contribution in [3.05, 3.63) is 24.3 Å². The molecule has 1 aromatic rings. The molecular weight excluding hydrogens is 326 g/mol. The van der Waals surface area contributed by atoms with E-state index < -0.39 is 10.0 Å². The molecule has 0 atom stereocenters. The van der Waals surface area contributed by atoms with Gasteiger partial charge in [0, 0.05) is 25.2 Å². The molecule has 1 amide bonds. The van der Waals surface area contributed by atoms with Gasteiger partial charge in [0.15, 0.2) is 0 Å². The number of carbonyl (C=O) groups excluding carboxylic acids is 1. The Balaban J connectivity index is 0.00000441. The molecule has 6 nitrogen and oxygen atoms in total. The highest BCUT2D eigenvalue weighted by Crippen LogP contribution is 2.15. The molecule has 0 fully saturated rings. The molecule has 0 radical (unpaired) electrons. The Bertz CT molecular complexity index is 564. The normalized spacial score (nSPS) is 10.8. The van der Waals surface area contributed by atoms with Crippen molar-refractivity contribution in [2.24, 2.45) is 5.73 Å². The van der Waals surface area contributed by atoms with Crippen LogP contribution in [0.2, 0.25) is 0 Å². The zero-order valence-electron chi connectivity index (χ0n) is 12.7. The first-order chi connectivity index (χ1) is 9.99. The SMILES string of the molecule is CCCCCC(=O)Nc1cccc(S(=O)(=O)NCCN)c1.Cl. The van der Waals surface area contributed by atoms with Crippen LogP contribution in [-0.4, -0.2) is 27.4 Å². The molecule has 1 rings (SSSR count). The van der Waals surface area contributed by atoms with Crippen molar-refractivity contribution >= 4 is 34.0 Å². The molecule has 22 heavy (non-hydrogen) atoms. The number of hydrogen-bond donors (Lipinski definition) is 3. The van der Waals surface area contributed by atoms with E-state index in [1.54, 1.807) is 12.1 Å². The van der Waals surface area contributed by atoms with Crippen molar-refractivity contribution in [1.29, 1.82) is 0 Å². The molecule has 0 spiro atoms. The number of nitrogens with two attached hydrogens (primary N) is 1. The minimum atomic E-state index is -3.58. The second-order valence-electron chi connectivity index (χ2n) is 4.72. The Labute approximate surface area is 138 Å². The molecule has 8 heteroatoms. The summed E-state index contributed by atoms with van der Waals surface area (Å²) in [4.78, 5) is 11.8. The molecule has 0 heterocycles. The number of hydrogen-bond acceptors (Lipinski definition) is 4. The lowest BCUT2D eigenvalue weighted by molar-refractivity contribution is -0.116. The maximum atomic E-state index is 12.0. The van der Waals surface area contributed by atoms with Crippen molar-refractivity contribution in [2.45, 2.75) is 37.5 Å². The van der Waals surface area contributed by atoms with Crippen LogP contribution in [0.15, 0.2) is 29.2 Å². The van der Waals surface area contributed by atoms with E-state index in [9.17, 15) is 13.2 Å². The van der Waals surface area contributed by atoms with Crippen LogP contribution in [0.25, 0.3) is 0 Å². The molecule has 1 aromatic carbocycles. The van der Waals surface area contributed by atoms with Gasteiger partial charge >= 0.3 is 0 Å². The third-order valence-corrected chi connectivity index (χ3v) is 4.33. The van der Waals surface area contributed by atoms with Crippen molar-refractivity contribution in [3.63, 3.8) is 0 Å². The van der Waals surface area contributed by atoms with Gasteiger partial charge in [0.25, 0.3) is 0 Å². The van der Waals surface area contributed by atoms with Crippen LogP contribution in [0, 0.1) is 0 Å². The van der Waals surface area contributed by atoms with Crippen molar-refractivity contribution in [3.8, 4) is 0 Å². The molecule has 0 bridgehead atoms. The minimum Gasteiger partial charge on any atom is -0.329 e. The lowest BCUT2D eigenvalue weighted by atomic mass is 10.2. The third-order valence-electron chi connectivity index (χ3n) is 2.87. The van der Waals surface area contributed by atoms with E-state index in [0.29, 0.717) is 12.1 Å². The van der Waals surface area contributed by atoms with Crippen molar-refractivity contribution in [1.82, 2.24) is 4.72 Å². The third kappa shape index (κ3) is 7.22. The highest BCUT2D eigenvalue weighted by Gasteiger charge is 2.13. The number of amides is 1. The van der Waals surface area contributed by atoms with E-state index >= 15 is 0 Å². The van der Waals surface area contributed by atoms with Crippen LogP contribution in [0.3, 0.4) is 0 Å². The average molecular weight is 350 g/mol. The summed E-state index contributed by atoms with van der Waals surface area (Å²) in [5.41, 5.74) is 5.76. The molecule has 0 saturated heterocycles. The number of carbonyl (C=O) groups is 1. The van der Waals surface area contributed by atoms with Crippen LogP contribution >= 0.6 is 12.4 Å². The number of nitrogens with one attached hydrogen (secondary N) is 2. The second-order valence-corrected chi connectivity index (χ2v) is 6.49. The fourth-order valence-electron chi connectivity index (χ4n) is 1.78. The highest BCUT2D eigenvalue weighted by molar-refractivity contribution is 7.89. The summed E-state index contributed by atoms with van der Waals surface area (Å²) in [6.45, 7) is 2.48. The fraction of sp³-hybridized carbons (Fsp3) is 0.500. The Morgan fingerprint density at radius 2 is 2.00 bits per heavy atom. The summed E-state index contributed by atoms with van der Waals surface area (Å²) in [5, 5.41) is 2.71. The quantitative estimate of drug-likeness (QED) is 0.592. The van der Waals surface area contributed by atoms with Gasteiger partial charge in [-0.25, -0.2) is 13.1 Å².